The number of halogens is 2. The molecule has 178 valence electrons. The zero-order chi connectivity index (χ0) is 23.4. The number of carbonyl (C=O) groups excluding carboxylic acids is 1. The molecule has 33 heavy (non-hydrogen) atoms. The van der Waals surface area contributed by atoms with Gasteiger partial charge >= 0.3 is 0 Å². The van der Waals surface area contributed by atoms with Crippen molar-refractivity contribution in [2.24, 2.45) is 0 Å². The lowest BCUT2D eigenvalue weighted by Crippen LogP contribution is -2.40. The van der Waals surface area contributed by atoms with Crippen molar-refractivity contribution in [3.8, 4) is 0 Å². The van der Waals surface area contributed by atoms with E-state index >= 15 is 0 Å². The van der Waals surface area contributed by atoms with Crippen LogP contribution in [-0.4, -0.2) is 64.6 Å². The van der Waals surface area contributed by atoms with Gasteiger partial charge in [-0.05, 0) is 49.2 Å². The Labute approximate surface area is 197 Å². The maximum Gasteiger partial charge on any atom is 0.243 e. The lowest BCUT2D eigenvalue weighted by atomic mass is 10.2. The first-order valence-corrected chi connectivity index (χ1v) is 12.6. The number of carbonyl (C=O) groups is 1. The van der Waals surface area contributed by atoms with Gasteiger partial charge < -0.3 is 20.3 Å². The van der Waals surface area contributed by atoms with E-state index < -0.39 is 21.7 Å². The smallest absolute Gasteiger partial charge is 0.243 e. The number of anilines is 3. The second-order valence-corrected chi connectivity index (χ2v) is 10.3. The van der Waals surface area contributed by atoms with E-state index in [1.54, 1.807) is 18.2 Å². The molecule has 2 heterocycles. The number of sulfonamides is 1. The van der Waals surface area contributed by atoms with E-state index in [9.17, 15) is 17.6 Å². The number of nitrogens with zero attached hydrogens (tertiary/aromatic N) is 2. The lowest BCUT2D eigenvalue weighted by molar-refractivity contribution is -0.114. The Morgan fingerprint density at radius 2 is 1.76 bits per heavy atom. The molecule has 0 atom stereocenters. The number of hydrogen-bond acceptors (Lipinski definition) is 6. The summed E-state index contributed by atoms with van der Waals surface area (Å²) in [6.07, 6.45) is 2.09. The average Bonchev–Trinajstić information content (AvgIpc) is 3.35. The fourth-order valence-corrected chi connectivity index (χ4v) is 5.54. The van der Waals surface area contributed by atoms with Crippen molar-refractivity contribution >= 4 is 44.6 Å². The van der Waals surface area contributed by atoms with Crippen LogP contribution in [0.4, 0.5) is 21.5 Å². The van der Waals surface area contributed by atoms with Crippen molar-refractivity contribution in [2.45, 2.75) is 17.7 Å². The normalized spacial score (nSPS) is 17.2. The minimum atomic E-state index is -3.69. The van der Waals surface area contributed by atoms with Crippen LogP contribution in [0.25, 0.3) is 0 Å². The van der Waals surface area contributed by atoms with Crippen LogP contribution in [0.15, 0.2) is 41.3 Å². The number of rotatable bonds is 7. The molecule has 2 aliphatic heterocycles. The molecule has 2 aromatic rings. The Balaban J connectivity index is 1.54. The molecule has 2 saturated heterocycles. The summed E-state index contributed by atoms with van der Waals surface area (Å²) in [6, 6.07) is 8.94. The molecule has 0 spiro atoms. The van der Waals surface area contributed by atoms with Gasteiger partial charge in [-0.15, -0.1) is 0 Å². The quantitative estimate of drug-likeness (QED) is 0.612. The highest BCUT2D eigenvalue weighted by Crippen LogP contribution is 2.32. The molecule has 4 rings (SSSR count). The van der Waals surface area contributed by atoms with Crippen molar-refractivity contribution in [1.82, 2.24) is 4.31 Å². The molecule has 0 aliphatic carbocycles. The van der Waals surface area contributed by atoms with Crippen molar-refractivity contribution in [3.05, 3.63) is 47.2 Å². The van der Waals surface area contributed by atoms with E-state index in [1.165, 1.54) is 16.4 Å². The standard InChI is InChI=1S/C22H26ClFN4O4S/c23-16-3-5-19(18(24)13-16)26-22(29)15-25-20-14-17(4-6-21(20)27-7-1-2-8-27)33(30,31)28-9-11-32-12-10-28/h3-6,13-14,25H,1-2,7-12,15H2,(H,26,29). The second-order valence-electron chi connectivity index (χ2n) is 7.92. The Kier molecular flexibility index (Phi) is 7.38. The summed E-state index contributed by atoms with van der Waals surface area (Å²) in [6.45, 7) is 2.86. The summed E-state index contributed by atoms with van der Waals surface area (Å²) in [5.74, 6) is -1.10. The fourth-order valence-electron chi connectivity index (χ4n) is 3.95. The monoisotopic (exact) mass is 496 g/mol. The average molecular weight is 497 g/mol. The third kappa shape index (κ3) is 5.57. The summed E-state index contributed by atoms with van der Waals surface area (Å²) in [4.78, 5) is 14.8. The molecule has 0 aromatic heterocycles. The van der Waals surface area contributed by atoms with Crippen molar-refractivity contribution in [3.63, 3.8) is 0 Å². The first-order chi connectivity index (χ1) is 15.8. The first kappa shape index (κ1) is 23.7. The first-order valence-electron chi connectivity index (χ1n) is 10.8. The van der Waals surface area contributed by atoms with Crippen LogP contribution in [0.1, 0.15) is 12.8 Å². The van der Waals surface area contributed by atoms with E-state index in [1.807, 2.05) is 0 Å². The highest BCUT2D eigenvalue weighted by molar-refractivity contribution is 7.89. The molecule has 2 aliphatic rings. The molecule has 2 N–H and O–H groups in total. The topological polar surface area (TPSA) is 91.0 Å². The van der Waals surface area contributed by atoms with E-state index in [0.717, 1.165) is 37.7 Å². The summed E-state index contributed by atoms with van der Waals surface area (Å²) in [5.41, 5.74) is 1.39. The molecule has 8 nitrogen and oxygen atoms in total. The van der Waals surface area contributed by atoms with Crippen LogP contribution in [0, 0.1) is 5.82 Å². The van der Waals surface area contributed by atoms with Crippen LogP contribution in [-0.2, 0) is 19.6 Å². The predicted molar refractivity (Wildman–Crippen MR) is 126 cm³/mol. The minimum absolute atomic E-state index is 0.0228. The molecule has 0 bridgehead atoms. The molecule has 1 amide bonds. The Hall–Kier alpha value is -2.40. The number of benzene rings is 2. The molecular weight excluding hydrogens is 471 g/mol. The van der Waals surface area contributed by atoms with Gasteiger partial charge in [0, 0.05) is 31.2 Å². The highest BCUT2D eigenvalue weighted by Gasteiger charge is 2.28. The predicted octanol–water partition coefficient (Wildman–Crippen LogP) is 3.15. The van der Waals surface area contributed by atoms with Gasteiger partial charge in [0.2, 0.25) is 15.9 Å². The van der Waals surface area contributed by atoms with Crippen molar-refractivity contribution < 1.29 is 22.3 Å². The summed E-state index contributed by atoms with van der Waals surface area (Å²) in [5, 5.41) is 5.78. The van der Waals surface area contributed by atoms with Crippen molar-refractivity contribution in [2.75, 3.05) is 61.5 Å². The van der Waals surface area contributed by atoms with E-state index in [0.29, 0.717) is 32.0 Å². The van der Waals surface area contributed by atoms with Crippen LogP contribution >= 0.6 is 11.6 Å². The van der Waals surface area contributed by atoms with Gasteiger partial charge in [-0.25, -0.2) is 12.8 Å². The van der Waals surface area contributed by atoms with Gasteiger partial charge in [-0.3, -0.25) is 4.79 Å². The van der Waals surface area contributed by atoms with E-state index in [4.69, 9.17) is 16.3 Å². The lowest BCUT2D eigenvalue weighted by Gasteiger charge is -2.27. The SMILES string of the molecule is O=C(CNc1cc(S(=O)(=O)N2CCOCC2)ccc1N1CCCC1)Nc1ccc(Cl)cc1F. The van der Waals surface area contributed by atoms with Crippen molar-refractivity contribution in [1.29, 1.82) is 0 Å². The Bertz CT molecular complexity index is 1120. The third-order valence-corrected chi connectivity index (χ3v) is 7.80. The minimum Gasteiger partial charge on any atom is -0.379 e. The maximum absolute atomic E-state index is 14.0. The molecule has 0 saturated carbocycles. The Morgan fingerprint density at radius 1 is 1.03 bits per heavy atom. The number of hydrogen-bond donors (Lipinski definition) is 2. The van der Waals surface area contributed by atoms with E-state index in [2.05, 4.69) is 15.5 Å². The molecule has 0 unspecified atom stereocenters. The summed E-state index contributed by atoms with van der Waals surface area (Å²) in [7, 11) is -3.69. The van der Waals surface area contributed by atoms with Crippen LogP contribution < -0.4 is 15.5 Å². The van der Waals surface area contributed by atoms with Gasteiger partial charge in [0.1, 0.15) is 5.82 Å². The third-order valence-electron chi connectivity index (χ3n) is 5.67. The van der Waals surface area contributed by atoms with Gasteiger partial charge in [-0.1, -0.05) is 11.6 Å². The fraction of sp³-hybridized carbons (Fsp3) is 0.409. The molecule has 0 radical (unpaired) electrons. The zero-order valence-corrected chi connectivity index (χ0v) is 19.6. The molecule has 11 heteroatoms. The zero-order valence-electron chi connectivity index (χ0n) is 18.0. The van der Waals surface area contributed by atoms with Gasteiger partial charge in [0.25, 0.3) is 0 Å². The molecule has 2 fully saturated rings. The largest absolute Gasteiger partial charge is 0.379 e. The van der Waals surface area contributed by atoms with Crippen LogP contribution in [0.2, 0.25) is 5.02 Å². The maximum atomic E-state index is 14.0. The molecule has 2 aromatic carbocycles. The molecular formula is C22H26ClFN4O4S. The van der Waals surface area contributed by atoms with Gasteiger partial charge in [0.15, 0.2) is 0 Å². The van der Waals surface area contributed by atoms with Crippen LogP contribution in [0.3, 0.4) is 0 Å². The highest BCUT2D eigenvalue weighted by atomic mass is 35.5. The number of amides is 1. The van der Waals surface area contributed by atoms with E-state index in [-0.39, 0.29) is 22.2 Å². The van der Waals surface area contributed by atoms with Gasteiger partial charge in [0.05, 0.1) is 41.7 Å². The number of morpholine rings is 1. The number of nitrogens with one attached hydrogen (secondary N) is 2. The summed E-state index contributed by atoms with van der Waals surface area (Å²) >= 11 is 5.75. The Morgan fingerprint density at radius 3 is 2.45 bits per heavy atom. The van der Waals surface area contributed by atoms with Gasteiger partial charge in [-0.2, -0.15) is 4.31 Å². The summed E-state index contributed by atoms with van der Waals surface area (Å²) < 4.78 is 46.9. The van der Waals surface area contributed by atoms with Crippen LogP contribution in [0.5, 0.6) is 0 Å². The number of ether oxygens (including phenoxy) is 1. The second kappa shape index (κ2) is 10.3.